The van der Waals surface area contributed by atoms with E-state index < -0.39 is 0 Å². The molecule has 1 aliphatic carbocycles. The van der Waals surface area contributed by atoms with Gasteiger partial charge in [0.15, 0.2) is 0 Å². The second-order valence-electron chi connectivity index (χ2n) is 7.12. The third kappa shape index (κ3) is 3.81. The highest BCUT2D eigenvalue weighted by molar-refractivity contribution is 7.20. The van der Waals surface area contributed by atoms with E-state index in [1.165, 1.54) is 29.6 Å². The molecule has 0 unspecified atom stereocenters. The van der Waals surface area contributed by atoms with Crippen molar-refractivity contribution in [2.75, 3.05) is 5.32 Å². The molecule has 4 rings (SSSR count). The first kappa shape index (κ1) is 17.9. The number of anilines is 2. The van der Waals surface area contributed by atoms with Gasteiger partial charge in [-0.3, -0.25) is 0 Å². The molecule has 2 aromatic heterocycles. The molecule has 0 spiro atoms. The van der Waals surface area contributed by atoms with Crippen molar-refractivity contribution < 1.29 is 9.53 Å². The lowest BCUT2D eigenvalue weighted by Gasteiger charge is -2.21. The van der Waals surface area contributed by atoms with E-state index in [-0.39, 0.29) is 12.1 Å². The molecule has 0 radical (unpaired) electrons. The number of nitrogens with one attached hydrogen (secondary N) is 1. The summed E-state index contributed by atoms with van der Waals surface area (Å²) >= 11 is 1.38. The van der Waals surface area contributed by atoms with Gasteiger partial charge in [-0.15, -0.1) is 11.3 Å². The van der Waals surface area contributed by atoms with Crippen LogP contribution >= 0.6 is 11.3 Å². The molecule has 1 N–H and O–H groups in total. The van der Waals surface area contributed by atoms with Gasteiger partial charge in [-0.25, -0.2) is 14.8 Å². The molecule has 3 aromatic rings. The highest BCUT2D eigenvalue weighted by Crippen LogP contribution is 2.35. The summed E-state index contributed by atoms with van der Waals surface area (Å²) in [5.41, 5.74) is 3.02. The van der Waals surface area contributed by atoms with E-state index in [9.17, 15) is 4.79 Å². The van der Waals surface area contributed by atoms with Gasteiger partial charge in [0.05, 0.1) is 5.39 Å². The average molecular weight is 382 g/mol. The molecule has 140 valence electrons. The van der Waals surface area contributed by atoms with Crippen LogP contribution in [0.5, 0.6) is 0 Å². The van der Waals surface area contributed by atoms with Crippen LogP contribution in [0.1, 0.15) is 52.9 Å². The van der Waals surface area contributed by atoms with Gasteiger partial charge in [-0.1, -0.05) is 18.6 Å². The van der Waals surface area contributed by atoms with E-state index in [0.29, 0.717) is 4.88 Å². The molecule has 0 atom stereocenters. The van der Waals surface area contributed by atoms with Crippen molar-refractivity contribution in [1.82, 2.24) is 9.97 Å². The van der Waals surface area contributed by atoms with Crippen molar-refractivity contribution in [1.29, 1.82) is 0 Å². The summed E-state index contributed by atoms with van der Waals surface area (Å²) in [6, 6.07) is 8.12. The molecule has 6 heteroatoms. The van der Waals surface area contributed by atoms with Crippen LogP contribution in [0.3, 0.4) is 0 Å². The summed E-state index contributed by atoms with van der Waals surface area (Å²) < 4.78 is 5.76. The zero-order chi connectivity index (χ0) is 18.8. The van der Waals surface area contributed by atoms with E-state index >= 15 is 0 Å². The van der Waals surface area contributed by atoms with Crippen molar-refractivity contribution in [2.24, 2.45) is 0 Å². The predicted octanol–water partition coefficient (Wildman–Crippen LogP) is 5.54. The number of hydrogen-bond donors (Lipinski definition) is 1. The predicted molar refractivity (Wildman–Crippen MR) is 109 cm³/mol. The van der Waals surface area contributed by atoms with E-state index in [2.05, 4.69) is 34.3 Å². The zero-order valence-electron chi connectivity index (χ0n) is 15.6. The van der Waals surface area contributed by atoms with Crippen LogP contribution in [0.15, 0.2) is 30.6 Å². The molecule has 0 amide bonds. The Morgan fingerprint density at radius 2 is 2.00 bits per heavy atom. The topological polar surface area (TPSA) is 64.1 Å². The Hall–Kier alpha value is -2.47. The molecule has 0 aliphatic heterocycles. The number of benzene rings is 1. The number of aromatic nitrogens is 2. The Balaban J connectivity index is 1.64. The van der Waals surface area contributed by atoms with Crippen molar-refractivity contribution >= 4 is 39.0 Å². The van der Waals surface area contributed by atoms with Crippen LogP contribution in [-0.2, 0) is 4.74 Å². The highest BCUT2D eigenvalue weighted by Gasteiger charge is 2.24. The SMILES string of the molecule is Cc1cccc(Nc2ncnc3sc(C(=O)OC4CCCCC4)c(C)c23)c1. The minimum atomic E-state index is -0.232. The monoisotopic (exact) mass is 381 g/mol. The molecule has 1 fully saturated rings. The number of nitrogens with zero attached hydrogens (tertiary/aromatic N) is 2. The van der Waals surface area contributed by atoms with Crippen molar-refractivity contribution in [3.63, 3.8) is 0 Å². The third-order valence-electron chi connectivity index (χ3n) is 5.02. The molecule has 1 saturated carbocycles. The van der Waals surface area contributed by atoms with Gasteiger partial charge in [-0.05, 0) is 62.8 Å². The van der Waals surface area contributed by atoms with Crippen LogP contribution in [0.2, 0.25) is 0 Å². The Morgan fingerprint density at radius 3 is 2.78 bits per heavy atom. The molecule has 5 nitrogen and oxygen atoms in total. The van der Waals surface area contributed by atoms with Crippen molar-refractivity contribution in [2.45, 2.75) is 52.1 Å². The maximum absolute atomic E-state index is 12.7. The molecular weight excluding hydrogens is 358 g/mol. The van der Waals surface area contributed by atoms with E-state index in [4.69, 9.17) is 4.74 Å². The number of aryl methyl sites for hydroxylation is 2. The standard InChI is InChI=1S/C21H23N3O2S/c1-13-7-6-8-15(11-13)24-19-17-14(2)18(27-20(17)23-12-22-19)21(25)26-16-9-4-3-5-10-16/h6-8,11-12,16H,3-5,9-10H2,1-2H3,(H,22,23,24). The first-order valence-corrected chi connectivity index (χ1v) is 10.2. The molecule has 1 aromatic carbocycles. The second-order valence-corrected chi connectivity index (χ2v) is 8.12. The first-order chi connectivity index (χ1) is 13.1. The fourth-order valence-electron chi connectivity index (χ4n) is 3.61. The minimum absolute atomic E-state index is 0.0480. The lowest BCUT2D eigenvalue weighted by molar-refractivity contribution is 0.0216. The zero-order valence-corrected chi connectivity index (χ0v) is 16.4. The number of esters is 1. The molecule has 2 heterocycles. The summed E-state index contributed by atoms with van der Waals surface area (Å²) in [7, 11) is 0. The molecular formula is C21H23N3O2S. The van der Waals surface area contributed by atoms with Crippen molar-refractivity contribution in [3.05, 3.63) is 46.6 Å². The number of hydrogen-bond acceptors (Lipinski definition) is 6. The molecule has 1 aliphatic rings. The average Bonchev–Trinajstić information content (AvgIpc) is 3.00. The lowest BCUT2D eigenvalue weighted by Crippen LogP contribution is -2.20. The number of carbonyl (C=O) groups is 1. The molecule has 0 bridgehead atoms. The summed E-state index contributed by atoms with van der Waals surface area (Å²) in [5.74, 6) is 0.486. The Morgan fingerprint density at radius 1 is 1.19 bits per heavy atom. The fraction of sp³-hybridized carbons (Fsp3) is 0.381. The number of fused-ring (bicyclic) bond motifs is 1. The van der Waals surface area contributed by atoms with Gasteiger partial charge in [-0.2, -0.15) is 0 Å². The fourth-order valence-corrected chi connectivity index (χ4v) is 4.64. The number of carbonyl (C=O) groups excluding carboxylic acids is 1. The minimum Gasteiger partial charge on any atom is -0.458 e. The Labute approximate surface area is 162 Å². The van der Waals surface area contributed by atoms with Crippen molar-refractivity contribution in [3.8, 4) is 0 Å². The van der Waals surface area contributed by atoms with Crippen LogP contribution in [0.4, 0.5) is 11.5 Å². The maximum Gasteiger partial charge on any atom is 0.348 e. The van der Waals surface area contributed by atoms with E-state index in [1.54, 1.807) is 0 Å². The summed E-state index contributed by atoms with van der Waals surface area (Å²) in [4.78, 5) is 22.9. The van der Waals surface area contributed by atoms with Gasteiger partial charge >= 0.3 is 5.97 Å². The maximum atomic E-state index is 12.7. The Bertz CT molecular complexity index is 977. The van der Waals surface area contributed by atoms with Gasteiger partial charge in [0.2, 0.25) is 0 Å². The Kier molecular flexibility index (Phi) is 5.07. The molecule has 27 heavy (non-hydrogen) atoms. The summed E-state index contributed by atoms with van der Waals surface area (Å²) in [6.07, 6.45) is 7.03. The van der Waals surface area contributed by atoms with Crippen LogP contribution < -0.4 is 5.32 Å². The number of thiophene rings is 1. The number of ether oxygens (including phenoxy) is 1. The van der Waals surface area contributed by atoms with Gasteiger partial charge < -0.3 is 10.1 Å². The summed E-state index contributed by atoms with van der Waals surface area (Å²) in [6.45, 7) is 4.00. The smallest absolute Gasteiger partial charge is 0.348 e. The van der Waals surface area contributed by atoms with Crippen LogP contribution in [-0.4, -0.2) is 22.0 Å². The lowest BCUT2D eigenvalue weighted by atomic mass is 9.98. The van der Waals surface area contributed by atoms with Crippen LogP contribution in [0, 0.1) is 13.8 Å². The van der Waals surface area contributed by atoms with Gasteiger partial charge in [0.1, 0.15) is 28.0 Å². The largest absolute Gasteiger partial charge is 0.458 e. The normalized spacial score (nSPS) is 15.0. The first-order valence-electron chi connectivity index (χ1n) is 9.40. The van der Waals surface area contributed by atoms with E-state index in [1.807, 2.05) is 19.1 Å². The second kappa shape index (κ2) is 7.64. The van der Waals surface area contributed by atoms with Crippen LogP contribution in [0.25, 0.3) is 10.2 Å². The van der Waals surface area contributed by atoms with E-state index in [0.717, 1.165) is 53.0 Å². The highest BCUT2D eigenvalue weighted by atomic mass is 32.1. The number of rotatable bonds is 4. The third-order valence-corrected chi connectivity index (χ3v) is 6.20. The summed E-state index contributed by atoms with van der Waals surface area (Å²) in [5, 5.41) is 4.25. The molecule has 0 saturated heterocycles. The van der Waals surface area contributed by atoms with Gasteiger partial charge in [0, 0.05) is 5.69 Å². The van der Waals surface area contributed by atoms with Gasteiger partial charge in [0.25, 0.3) is 0 Å². The quantitative estimate of drug-likeness (QED) is 0.601.